The van der Waals surface area contributed by atoms with Gasteiger partial charge < -0.3 is 14.4 Å². The molecule has 0 aromatic heterocycles. The van der Waals surface area contributed by atoms with Crippen LogP contribution in [0.25, 0.3) is 0 Å². The van der Waals surface area contributed by atoms with Crippen LogP contribution in [0.15, 0.2) is 24.3 Å². The Morgan fingerprint density at radius 3 is 2.64 bits per heavy atom. The second-order valence-corrected chi connectivity index (χ2v) is 6.72. The quantitative estimate of drug-likeness (QED) is 0.853. The molecule has 4 nitrogen and oxygen atoms in total. The van der Waals surface area contributed by atoms with Crippen molar-refractivity contribution in [2.45, 2.75) is 39.4 Å². The summed E-state index contributed by atoms with van der Waals surface area (Å²) < 4.78 is 23.8. The van der Waals surface area contributed by atoms with E-state index < -0.39 is 5.60 Å². The third-order valence-corrected chi connectivity index (χ3v) is 3.47. The molecule has 1 aromatic rings. The summed E-state index contributed by atoms with van der Waals surface area (Å²) in [5, 5.41) is 0. The molecule has 0 bridgehead atoms. The van der Waals surface area contributed by atoms with Gasteiger partial charge in [-0.05, 0) is 44.9 Å². The van der Waals surface area contributed by atoms with E-state index >= 15 is 0 Å². The minimum atomic E-state index is -0.464. The predicted octanol–water partition coefficient (Wildman–Crippen LogP) is 3.60. The van der Waals surface area contributed by atoms with E-state index in [-0.39, 0.29) is 11.9 Å². The van der Waals surface area contributed by atoms with Gasteiger partial charge in [0.25, 0.3) is 0 Å². The molecule has 0 saturated carbocycles. The number of nitrogens with zero attached hydrogens (tertiary/aromatic N) is 1. The monoisotopic (exact) mass is 309 g/mol. The fraction of sp³-hybridized carbons (Fsp3) is 0.588. The van der Waals surface area contributed by atoms with Crippen molar-refractivity contribution >= 4 is 6.09 Å². The Balaban J connectivity index is 1.70. The summed E-state index contributed by atoms with van der Waals surface area (Å²) in [6, 6.07) is 6.30. The molecule has 1 saturated heterocycles. The maximum absolute atomic E-state index is 12.8. The molecule has 1 heterocycles. The first-order chi connectivity index (χ1) is 10.3. The second kappa shape index (κ2) is 7.09. The Kier molecular flexibility index (Phi) is 5.40. The fourth-order valence-electron chi connectivity index (χ4n) is 2.39. The molecule has 1 aliphatic heterocycles. The lowest BCUT2D eigenvalue weighted by Gasteiger charge is -2.24. The molecule has 2 rings (SSSR count). The highest BCUT2D eigenvalue weighted by atomic mass is 19.1. The number of halogens is 1. The summed E-state index contributed by atoms with van der Waals surface area (Å²) in [7, 11) is 0. The van der Waals surface area contributed by atoms with Crippen molar-refractivity contribution in [3.05, 3.63) is 35.6 Å². The van der Waals surface area contributed by atoms with E-state index in [1.54, 1.807) is 17.0 Å². The highest BCUT2D eigenvalue weighted by Gasteiger charge is 2.29. The van der Waals surface area contributed by atoms with E-state index in [2.05, 4.69) is 0 Å². The van der Waals surface area contributed by atoms with Crippen molar-refractivity contribution < 1.29 is 18.7 Å². The largest absolute Gasteiger partial charge is 0.444 e. The van der Waals surface area contributed by atoms with Crippen LogP contribution in [0.1, 0.15) is 32.8 Å². The van der Waals surface area contributed by atoms with Gasteiger partial charge >= 0.3 is 6.09 Å². The van der Waals surface area contributed by atoms with Crippen LogP contribution in [0.2, 0.25) is 0 Å². The van der Waals surface area contributed by atoms with E-state index in [1.807, 2.05) is 20.8 Å². The third kappa shape index (κ3) is 5.30. The smallest absolute Gasteiger partial charge is 0.410 e. The standard InChI is InChI=1S/C17H24FNO3/c1-17(2,3)22-16(20)19-9-8-14(10-19)12-21-11-13-4-6-15(18)7-5-13/h4-7,14H,8-12H2,1-3H3/t14-/m1/s1. The zero-order chi connectivity index (χ0) is 16.2. The van der Waals surface area contributed by atoms with Crippen molar-refractivity contribution in [2.24, 2.45) is 5.92 Å². The molecule has 1 atom stereocenters. The highest BCUT2D eigenvalue weighted by Crippen LogP contribution is 2.20. The highest BCUT2D eigenvalue weighted by molar-refractivity contribution is 5.68. The average Bonchev–Trinajstić information content (AvgIpc) is 2.88. The average molecular weight is 309 g/mol. The Morgan fingerprint density at radius 1 is 1.32 bits per heavy atom. The molecule has 0 spiro atoms. The molecule has 0 radical (unpaired) electrons. The van der Waals surface area contributed by atoms with E-state index in [0.29, 0.717) is 32.2 Å². The van der Waals surface area contributed by atoms with Gasteiger partial charge in [-0.3, -0.25) is 0 Å². The lowest BCUT2D eigenvalue weighted by atomic mass is 10.1. The van der Waals surface area contributed by atoms with Crippen molar-refractivity contribution in [3.8, 4) is 0 Å². The van der Waals surface area contributed by atoms with Gasteiger partial charge in [0.15, 0.2) is 0 Å². The van der Waals surface area contributed by atoms with Crippen LogP contribution >= 0.6 is 0 Å². The first kappa shape index (κ1) is 16.7. The van der Waals surface area contributed by atoms with E-state index in [4.69, 9.17) is 9.47 Å². The molecule has 1 amide bonds. The normalized spacial score (nSPS) is 18.5. The molecule has 1 aromatic carbocycles. The third-order valence-electron chi connectivity index (χ3n) is 3.47. The van der Waals surface area contributed by atoms with Gasteiger partial charge in [-0.1, -0.05) is 12.1 Å². The molecule has 122 valence electrons. The van der Waals surface area contributed by atoms with Crippen LogP contribution in [0.5, 0.6) is 0 Å². The summed E-state index contributed by atoms with van der Waals surface area (Å²) in [6.07, 6.45) is 0.663. The van der Waals surface area contributed by atoms with Crippen molar-refractivity contribution in [2.75, 3.05) is 19.7 Å². The number of carbonyl (C=O) groups excluding carboxylic acids is 1. The van der Waals surface area contributed by atoms with Crippen LogP contribution in [-0.4, -0.2) is 36.3 Å². The Bertz CT molecular complexity index is 496. The number of amides is 1. The first-order valence-corrected chi connectivity index (χ1v) is 7.63. The summed E-state index contributed by atoms with van der Waals surface area (Å²) in [5.74, 6) is 0.0838. The summed E-state index contributed by atoms with van der Waals surface area (Å²) in [6.45, 7) is 8.02. The lowest BCUT2D eigenvalue weighted by Crippen LogP contribution is -2.35. The van der Waals surface area contributed by atoms with Crippen molar-refractivity contribution in [3.63, 3.8) is 0 Å². The van der Waals surface area contributed by atoms with E-state index in [1.165, 1.54) is 12.1 Å². The number of hydrogen-bond acceptors (Lipinski definition) is 3. The predicted molar refractivity (Wildman–Crippen MR) is 82.0 cm³/mol. The van der Waals surface area contributed by atoms with Gasteiger partial charge in [-0.2, -0.15) is 0 Å². The maximum Gasteiger partial charge on any atom is 0.410 e. The molecule has 5 heteroatoms. The van der Waals surface area contributed by atoms with Gasteiger partial charge in [-0.15, -0.1) is 0 Å². The maximum atomic E-state index is 12.8. The van der Waals surface area contributed by atoms with Crippen LogP contribution in [0, 0.1) is 11.7 Å². The number of carbonyl (C=O) groups is 1. The number of ether oxygens (including phenoxy) is 2. The molecule has 0 N–H and O–H groups in total. The number of benzene rings is 1. The molecule has 22 heavy (non-hydrogen) atoms. The zero-order valence-electron chi connectivity index (χ0n) is 13.5. The minimum absolute atomic E-state index is 0.243. The number of likely N-dealkylation sites (tertiary alicyclic amines) is 1. The molecule has 1 fully saturated rings. The van der Waals surface area contributed by atoms with Crippen molar-refractivity contribution in [1.82, 2.24) is 4.90 Å². The number of rotatable bonds is 4. The lowest BCUT2D eigenvalue weighted by molar-refractivity contribution is 0.0271. The van der Waals surface area contributed by atoms with Gasteiger partial charge in [0.2, 0.25) is 0 Å². The van der Waals surface area contributed by atoms with E-state index in [0.717, 1.165) is 12.0 Å². The van der Waals surface area contributed by atoms with Gasteiger partial charge in [-0.25, -0.2) is 9.18 Å². The molecule has 0 aliphatic carbocycles. The molecular weight excluding hydrogens is 285 g/mol. The Morgan fingerprint density at radius 2 is 2.00 bits per heavy atom. The number of hydrogen-bond donors (Lipinski definition) is 0. The minimum Gasteiger partial charge on any atom is -0.444 e. The van der Waals surface area contributed by atoms with Crippen LogP contribution in [0.3, 0.4) is 0 Å². The van der Waals surface area contributed by atoms with Crippen LogP contribution < -0.4 is 0 Å². The summed E-state index contributed by atoms with van der Waals surface area (Å²) in [4.78, 5) is 13.7. The summed E-state index contributed by atoms with van der Waals surface area (Å²) in [5.41, 5.74) is 0.484. The van der Waals surface area contributed by atoms with Gasteiger partial charge in [0, 0.05) is 19.0 Å². The second-order valence-electron chi connectivity index (χ2n) is 6.72. The van der Waals surface area contributed by atoms with Gasteiger partial charge in [0.1, 0.15) is 11.4 Å². The Labute approximate surface area is 131 Å². The van der Waals surface area contributed by atoms with Crippen molar-refractivity contribution in [1.29, 1.82) is 0 Å². The van der Waals surface area contributed by atoms with Gasteiger partial charge in [0.05, 0.1) is 13.2 Å². The SMILES string of the molecule is CC(C)(C)OC(=O)N1CC[C@@H](COCc2ccc(F)cc2)C1. The topological polar surface area (TPSA) is 38.8 Å². The van der Waals surface area contributed by atoms with Crippen LogP contribution in [-0.2, 0) is 16.1 Å². The molecule has 1 aliphatic rings. The van der Waals surface area contributed by atoms with E-state index in [9.17, 15) is 9.18 Å². The fourth-order valence-corrected chi connectivity index (χ4v) is 2.39. The molecule has 0 unspecified atom stereocenters. The first-order valence-electron chi connectivity index (χ1n) is 7.63. The zero-order valence-corrected chi connectivity index (χ0v) is 13.5. The molecular formula is C17H24FNO3. The Hall–Kier alpha value is -1.62. The van der Waals surface area contributed by atoms with Crippen LogP contribution in [0.4, 0.5) is 9.18 Å². The summed E-state index contributed by atoms with van der Waals surface area (Å²) >= 11 is 0.